The minimum absolute atomic E-state index is 0.0168. The molecule has 0 spiro atoms. The summed E-state index contributed by atoms with van der Waals surface area (Å²) in [5.41, 5.74) is 0.287. The molecule has 12 nitrogen and oxygen atoms in total. The van der Waals surface area contributed by atoms with Gasteiger partial charge in [0.2, 0.25) is 0 Å². The summed E-state index contributed by atoms with van der Waals surface area (Å²) >= 11 is 0. The summed E-state index contributed by atoms with van der Waals surface area (Å²) < 4.78 is 37.9. The third kappa shape index (κ3) is 12.9. The predicted octanol–water partition coefficient (Wildman–Crippen LogP) is 4.90. The number of carbonyl (C=O) groups is 2. The van der Waals surface area contributed by atoms with Crippen molar-refractivity contribution < 1.29 is 27.8 Å². The van der Waals surface area contributed by atoms with Gasteiger partial charge in [-0.25, -0.2) is 18.4 Å². The number of nitrogens with zero attached hydrogens (tertiary/aromatic N) is 6. The second-order valence-corrected chi connectivity index (χ2v) is 14.7. The van der Waals surface area contributed by atoms with Gasteiger partial charge in [0.05, 0.1) is 23.8 Å². The first kappa shape index (κ1) is 39.7. The highest BCUT2D eigenvalue weighted by Gasteiger charge is 2.31. The molecule has 0 aromatic carbocycles. The minimum atomic E-state index is -0.505. The lowest BCUT2D eigenvalue weighted by Gasteiger charge is -2.41. The van der Waals surface area contributed by atoms with Gasteiger partial charge in [-0.2, -0.15) is 0 Å². The maximum Gasteiger partial charge on any atom is 0.410 e. The fourth-order valence-electron chi connectivity index (χ4n) is 5.63. The molecule has 14 heteroatoms. The summed E-state index contributed by atoms with van der Waals surface area (Å²) in [6, 6.07) is 4.10. The monoisotopic (exact) mass is 690 g/mol. The normalized spacial score (nSPS) is 21.5. The molecule has 0 bridgehead atoms. The zero-order chi connectivity index (χ0) is 36.4. The lowest BCUT2D eigenvalue weighted by Crippen LogP contribution is -2.54. The Morgan fingerprint density at radius 3 is 1.69 bits per heavy atom. The van der Waals surface area contributed by atoms with Crippen LogP contribution in [0.25, 0.3) is 0 Å². The van der Waals surface area contributed by atoms with Gasteiger partial charge in [0.15, 0.2) is 11.6 Å². The van der Waals surface area contributed by atoms with Gasteiger partial charge in [0.25, 0.3) is 0 Å². The Kier molecular flexibility index (Phi) is 14.4. The van der Waals surface area contributed by atoms with Crippen molar-refractivity contribution in [2.75, 3.05) is 68.7 Å². The number of carbonyl (C=O) groups excluding carboxylic acids is 2. The smallest absolute Gasteiger partial charge is 0.410 e. The third-order valence-electron chi connectivity index (χ3n) is 7.92. The fourth-order valence-corrected chi connectivity index (χ4v) is 5.63. The molecule has 2 aromatic heterocycles. The molecule has 3 aliphatic heterocycles. The maximum atomic E-state index is 13.8. The summed E-state index contributed by atoms with van der Waals surface area (Å²) in [6.45, 7) is 23.9. The van der Waals surface area contributed by atoms with Crippen molar-refractivity contribution in [3.8, 4) is 0 Å². The Labute approximate surface area is 290 Å². The number of halogens is 2. The SMILES string of the molecule is C[C@@H]1CN(C(=O)OC(C)(C)C)CCN1.C[C@@H]1CN(C(=O)OC(C)(C)C)CCN1c1ccncc1F.C[C@@H]1CNCCN1c1ccncc1F. The van der Waals surface area contributed by atoms with Crippen LogP contribution in [0.2, 0.25) is 0 Å². The van der Waals surface area contributed by atoms with Crippen LogP contribution in [-0.2, 0) is 9.47 Å². The van der Waals surface area contributed by atoms with Gasteiger partial charge in [-0.3, -0.25) is 9.97 Å². The van der Waals surface area contributed by atoms with Crippen LogP contribution in [0.3, 0.4) is 0 Å². The van der Waals surface area contributed by atoms with E-state index in [0.717, 1.165) is 39.3 Å². The standard InChI is InChI=1S/C15H22FN3O2.C10H14FN3.C10H20N2O2/c1-11-10-18(14(20)21-15(2,3)4)7-8-19(11)13-5-6-17-9-12(13)16;1-8-6-13-4-5-14(8)10-2-3-12-7-9(10)11;1-8-7-12(6-5-11-8)9(13)14-10(2,3)4/h5-6,9,11H,7-8,10H2,1-4H3;2-3,7-8,13H,4-6H2,1H3;8,11H,5-7H2,1-4H3/t11-;2*8-/m111/s1. The van der Waals surface area contributed by atoms with Crippen LogP contribution >= 0.6 is 0 Å². The van der Waals surface area contributed by atoms with Crippen molar-refractivity contribution in [1.82, 2.24) is 30.4 Å². The minimum Gasteiger partial charge on any atom is -0.444 e. The van der Waals surface area contributed by atoms with E-state index in [-0.39, 0.29) is 29.9 Å². The second-order valence-electron chi connectivity index (χ2n) is 14.7. The molecule has 2 aromatic rings. The Hall–Kier alpha value is -3.78. The van der Waals surface area contributed by atoms with Crippen LogP contribution < -0.4 is 20.4 Å². The van der Waals surface area contributed by atoms with E-state index in [2.05, 4.69) is 39.3 Å². The van der Waals surface area contributed by atoms with E-state index in [1.54, 1.807) is 34.3 Å². The molecule has 3 fully saturated rings. The van der Waals surface area contributed by atoms with Crippen molar-refractivity contribution in [3.05, 3.63) is 48.6 Å². The molecule has 274 valence electrons. The molecule has 0 saturated carbocycles. The molecule has 0 unspecified atom stereocenters. The molecular formula is C35H56F2N8O4. The lowest BCUT2D eigenvalue weighted by molar-refractivity contribution is 0.0197. The molecule has 3 aliphatic rings. The van der Waals surface area contributed by atoms with E-state index in [4.69, 9.17) is 9.47 Å². The van der Waals surface area contributed by atoms with Gasteiger partial charge >= 0.3 is 12.2 Å². The Morgan fingerprint density at radius 1 is 0.735 bits per heavy atom. The first-order valence-electron chi connectivity index (χ1n) is 17.1. The average Bonchev–Trinajstić information content (AvgIpc) is 3.01. The summed E-state index contributed by atoms with van der Waals surface area (Å²) in [5.74, 6) is -0.573. The van der Waals surface area contributed by atoms with Crippen LogP contribution in [-0.4, -0.2) is 120 Å². The van der Waals surface area contributed by atoms with E-state index in [9.17, 15) is 18.4 Å². The second kappa shape index (κ2) is 17.7. The van der Waals surface area contributed by atoms with Gasteiger partial charge in [-0.1, -0.05) is 0 Å². The first-order valence-corrected chi connectivity index (χ1v) is 17.1. The van der Waals surface area contributed by atoms with E-state index >= 15 is 0 Å². The largest absolute Gasteiger partial charge is 0.444 e. The average molecular weight is 691 g/mol. The highest BCUT2D eigenvalue weighted by Crippen LogP contribution is 2.24. The lowest BCUT2D eigenvalue weighted by atomic mass is 10.1. The van der Waals surface area contributed by atoms with Gasteiger partial charge in [0, 0.05) is 89.4 Å². The Balaban J connectivity index is 0.000000206. The van der Waals surface area contributed by atoms with Gasteiger partial charge in [-0.15, -0.1) is 0 Å². The van der Waals surface area contributed by atoms with Gasteiger partial charge in [0.1, 0.15) is 11.2 Å². The van der Waals surface area contributed by atoms with Crippen molar-refractivity contribution in [2.24, 2.45) is 0 Å². The molecule has 2 N–H and O–H groups in total. The summed E-state index contributed by atoms with van der Waals surface area (Å²) in [5, 5.41) is 6.55. The molecule has 5 heterocycles. The van der Waals surface area contributed by atoms with Crippen molar-refractivity contribution in [1.29, 1.82) is 0 Å². The fraction of sp³-hybridized carbons (Fsp3) is 0.657. The molecule has 49 heavy (non-hydrogen) atoms. The van der Waals surface area contributed by atoms with E-state index < -0.39 is 11.2 Å². The molecular weight excluding hydrogens is 634 g/mol. The van der Waals surface area contributed by atoms with Gasteiger partial charge < -0.3 is 39.7 Å². The number of hydrogen-bond acceptors (Lipinski definition) is 10. The summed E-state index contributed by atoms with van der Waals surface area (Å²) in [4.78, 5) is 38.7. The Morgan fingerprint density at radius 2 is 1.24 bits per heavy atom. The quantitative estimate of drug-likeness (QED) is 0.451. The number of aromatic nitrogens is 2. The third-order valence-corrected chi connectivity index (χ3v) is 7.92. The van der Waals surface area contributed by atoms with E-state index in [1.165, 1.54) is 12.4 Å². The van der Waals surface area contributed by atoms with E-state index in [0.29, 0.717) is 43.1 Å². The summed E-state index contributed by atoms with van der Waals surface area (Å²) in [7, 11) is 0. The first-order chi connectivity index (χ1) is 22.9. The van der Waals surface area contributed by atoms with Crippen LogP contribution in [0.5, 0.6) is 0 Å². The summed E-state index contributed by atoms with van der Waals surface area (Å²) in [6.07, 6.45) is 5.17. The molecule has 3 saturated heterocycles. The molecule has 2 amide bonds. The van der Waals surface area contributed by atoms with Crippen molar-refractivity contribution in [2.45, 2.75) is 91.6 Å². The highest BCUT2D eigenvalue weighted by atomic mass is 19.1. The molecule has 0 radical (unpaired) electrons. The number of amides is 2. The topological polar surface area (TPSA) is 115 Å². The number of piperazine rings is 3. The maximum absolute atomic E-state index is 13.8. The zero-order valence-corrected chi connectivity index (χ0v) is 30.6. The number of hydrogen-bond donors (Lipinski definition) is 2. The van der Waals surface area contributed by atoms with Crippen molar-refractivity contribution in [3.63, 3.8) is 0 Å². The van der Waals surface area contributed by atoms with Crippen LogP contribution in [0, 0.1) is 11.6 Å². The van der Waals surface area contributed by atoms with Crippen LogP contribution in [0.1, 0.15) is 62.3 Å². The van der Waals surface area contributed by atoms with Crippen LogP contribution in [0.4, 0.5) is 29.7 Å². The number of ether oxygens (including phenoxy) is 2. The predicted molar refractivity (Wildman–Crippen MR) is 188 cm³/mol. The molecule has 5 rings (SSSR count). The zero-order valence-electron chi connectivity index (χ0n) is 30.6. The van der Waals surface area contributed by atoms with Crippen LogP contribution in [0.15, 0.2) is 36.9 Å². The Bertz CT molecular complexity index is 1360. The number of rotatable bonds is 2. The highest BCUT2D eigenvalue weighted by molar-refractivity contribution is 5.69. The molecule has 3 atom stereocenters. The van der Waals surface area contributed by atoms with E-state index in [1.807, 2.05) is 53.4 Å². The molecule has 0 aliphatic carbocycles. The number of nitrogens with one attached hydrogen (secondary N) is 2. The van der Waals surface area contributed by atoms with Gasteiger partial charge in [-0.05, 0) is 74.4 Å². The number of pyridine rings is 2. The number of anilines is 2. The van der Waals surface area contributed by atoms with Crippen molar-refractivity contribution >= 4 is 23.6 Å².